The number of fused-ring (bicyclic) bond motifs is 1. The molecule has 0 spiro atoms. The van der Waals surface area contributed by atoms with Gasteiger partial charge in [0.25, 0.3) is 5.91 Å². The molecule has 0 aromatic heterocycles. The summed E-state index contributed by atoms with van der Waals surface area (Å²) in [7, 11) is 0. The van der Waals surface area contributed by atoms with Gasteiger partial charge in [-0.05, 0) is 235 Å². The Labute approximate surface area is 745 Å². The first kappa shape index (κ1) is 93.1. The zero-order valence-corrected chi connectivity index (χ0v) is 74.7. The lowest BCUT2D eigenvalue weighted by Gasteiger charge is -2.31. The first-order valence-electron chi connectivity index (χ1n) is 45.3. The lowest BCUT2D eigenvalue weighted by molar-refractivity contribution is -0.134. The zero-order valence-electron chi connectivity index (χ0n) is 72.5. The highest BCUT2D eigenvalue weighted by molar-refractivity contribution is 6.31. The number of likely N-dealkylation sites (tertiary alicyclic amines) is 3. The molecule has 8 aromatic rings. The van der Waals surface area contributed by atoms with Gasteiger partial charge in [-0.3, -0.25) is 33.7 Å². The molecule has 6 N–H and O–H groups in total. The summed E-state index contributed by atoms with van der Waals surface area (Å²) < 4.78 is 0. The van der Waals surface area contributed by atoms with Crippen LogP contribution in [0.25, 0.3) is 22.9 Å². The normalized spacial score (nSPS) is 21.9. The predicted octanol–water partition coefficient (Wildman–Crippen LogP) is 16.7. The van der Waals surface area contributed by atoms with Crippen LogP contribution in [0.1, 0.15) is 185 Å². The third kappa shape index (κ3) is 28.7. The van der Waals surface area contributed by atoms with Crippen molar-refractivity contribution in [3.05, 3.63) is 272 Å². The third-order valence-electron chi connectivity index (χ3n) is 25.7. The molecule has 8 aromatic carbocycles. The topological polar surface area (TPSA) is 194 Å². The van der Waals surface area contributed by atoms with E-state index in [1.165, 1.54) is 67.2 Å². The van der Waals surface area contributed by atoms with Crippen molar-refractivity contribution in [1.82, 2.24) is 61.3 Å². The quantitative estimate of drug-likeness (QED) is 0.0219. The molecule has 10 atom stereocenters. The van der Waals surface area contributed by atoms with E-state index in [0.29, 0.717) is 90.4 Å². The Morgan fingerprint density at radius 3 is 1.20 bits per heavy atom. The Morgan fingerprint density at radius 1 is 0.407 bits per heavy atom. The van der Waals surface area contributed by atoms with Crippen LogP contribution in [0.5, 0.6) is 0 Å². The fourth-order valence-electron chi connectivity index (χ4n) is 18.3. The summed E-state index contributed by atoms with van der Waals surface area (Å²) in [4.78, 5) is 93.9. The van der Waals surface area contributed by atoms with E-state index in [1.807, 2.05) is 84.9 Å². The zero-order chi connectivity index (χ0) is 86.2. The number of rotatable bonds is 32. The number of piperidine rings is 1. The molecule has 2 unspecified atom stereocenters. The average Bonchev–Trinajstić information content (AvgIpc) is 1.82. The maximum Gasteiger partial charge on any atom is 0.251 e. The maximum absolute atomic E-state index is 14.2. The number of halogens is 3. The predicted molar refractivity (Wildman–Crippen MR) is 502 cm³/mol. The van der Waals surface area contributed by atoms with Crippen molar-refractivity contribution in [3.8, 4) is 0 Å². The molecule has 6 heterocycles. The van der Waals surface area contributed by atoms with Crippen LogP contribution < -0.4 is 31.9 Å². The van der Waals surface area contributed by atoms with Gasteiger partial charge in [-0.25, -0.2) is 0 Å². The highest BCUT2D eigenvalue weighted by Gasteiger charge is 2.38. The molecule has 6 aliphatic heterocycles. The SMILES string of the molecule is CC1CCC(C)N1CC[C@@H]1N[C@H](CNC(=O)/C=C/c2ccc(Cl)cc2)CCN(CC(c2ccccc2)c2ccccc2)C1=O.CC[C@H](CN1CC[C@@H](CNC(=O)/C=C/c2ccc(Cl)cc2)N[C@@H](CCN2CCCC2)C1=O)c1ccccc1.CC[C@H](CN1CC[C@@H](CNC(=O)c2ccc3cc(Cl)ccc3c2)N[C@@H](CCN2CCCCC2)C1=O)c1ccccc1. The first-order valence-corrected chi connectivity index (χ1v) is 46.5. The number of amides is 6. The van der Waals surface area contributed by atoms with E-state index in [-0.39, 0.29) is 77.6 Å². The molecule has 14 rings (SSSR count). The summed E-state index contributed by atoms with van der Waals surface area (Å²) in [6.07, 6.45) is 22.0. The molecule has 6 saturated heterocycles. The molecule has 123 heavy (non-hydrogen) atoms. The van der Waals surface area contributed by atoms with E-state index in [1.54, 1.807) is 48.6 Å². The van der Waals surface area contributed by atoms with E-state index in [0.717, 1.165) is 132 Å². The Hall–Kier alpha value is -9.05. The number of carbonyl (C=O) groups is 6. The minimum atomic E-state index is -0.309. The van der Waals surface area contributed by atoms with Crippen LogP contribution in [0, 0.1) is 0 Å². The molecule has 6 amide bonds. The average molecular weight is 1730 g/mol. The monoisotopic (exact) mass is 1720 g/mol. The standard InChI is InChI=1S/C37H45ClN4O2.C34H43ClN4O2.C31H41ClN4O2/c1-27-13-14-28(2)42(27)24-22-35-37(44)41(26-34(30-9-5-3-6-10-30)31-11-7-4-8-12-31)23-21-33(40-35)25-39-36(43)20-17-29-15-18-32(38)19-16-29;1-2-25(26-9-5-3-6-10-26)24-39-20-15-31(37-32(34(39)41)16-19-38-17-7-4-8-18-38)23-36-33(40)29-12-11-28-22-30(35)14-13-27(28)21-29;1-2-25(26-8-4-3-5-9-26)23-36-21-16-28(34-29(31(36)38)17-20-35-18-6-7-19-35)22-33-30(37)15-12-24-10-13-27(32)14-11-24/h3-12,15-20,27-28,33-35,40H,13-14,21-26H2,1-2H3,(H,39,43);3,5-6,9-14,21-22,25,31-32,37H,2,4,7-8,15-20,23-24H2,1H3,(H,36,40);3-5,8-15,25,28-29,34H,2,6-7,16-23H2,1H3,(H,33,37)/b20-17+;;15-12+/t27?,28?,33-,35-;25-,31+,32+;25-,28+,29+/m011/s1. The Balaban J connectivity index is 0.000000169. The fourth-order valence-corrected chi connectivity index (χ4v) is 18.8. The number of carbonyl (C=O) groups excluding carboxylic acids is 6. The summed E-state index contributed by atoms with van der Waals surface area (Å²) in [5.74, 6) is 0.837. The fraction of sp³-hybridized carbons (Fsp3) is 0.451. The van der Waals surface area contributed by atoms with Crippen molar-refractivity contribution < 1.29 is 28.8 Å². The van der Waals surface area contributed by atoms with Gasteiger partial charge in [-0.2, -0.15) is 0 Å². The van der Waals surface area contributed by atoms with Gasteiger partial charge in [-0.1, -0.05) is 213 Å². The van der Waals surface area contributed by atoms with Gasteiger partial charge in [0.1, 0.15) is 0 Å². The summed E-state index contributed by atoms with van der Waals surface area (Å²) in [6, 6.07) is 68.4. The summed E-state index contributed by atoms with van der Waals surface area (Å²) in [6.45, 7) is 21.7. The van der Waals surface area contributed by atoms with E-state index in [4.69, 9.17) is 34.8 Å². The molecule has 0 saturated carbocycles. The smallest absolute Gasteiger partial charge is 0.251 e. The highest BCUT2D eigenvalue weighted by Crippen LogP contribution is 2.31. The number of hydrogen-bond donors (Lipinski definition) is 6. The molecule has 6 fully saturated rings. The molecule has 0 aliphatic carbocycles. The lowest BCUT2D eigenvalue weighted by Crippen LogP contribution is -2.50. The van der Waals surface area contributed by atoms with Crippen LogP contribution in [0.4, 0.5) is 0 Å². The first-order chi connectivity index (χ1) is 59.9. The number of benzene rings is 8. The van der Waals surface area contributed by atoms with Crippen molar-refractivity contribution in [2.24, 2.45) is 0 Å². The van der Waals surface area contributed by atoms with Gasteiger partial charge in [0.05, 0.1) is 18.1 Å². The molecule has 0 radical (unpaired) electrons. The van der Waals surface area contributed by atoms with Gasteiger partial charge in [-0.15, -0.1) is 0 Å². The van der Waals surface area contributed by atoms with E-state index in [2.05, 4.69) is 186 Å². The molecule has 6 aliphatic rings. The van der Waals surface area contributed by atoms with Gasteiger partial charge in [0, 0.05) is 159 Å². The number of nitrogens with zero attached hydrogens (tertiary/aromatic N) is 6. The maximum atomic E-state index is 14.2. The molecule has 21 heteroatoms. The summed E-state index contributed by atoms with van der Waals surface area (Å²) >= 11 is 18.0. The Kier molecular flexibility index (Phi) is 36.7. The Morgan fingerprint density at radius 2 is 0.772 bits per heavy atom. The van der Waals surface area contributed by atoms with Crippen molar-refractivity contribution >= 4 is 93.2 Å². The number of hydrogen-bond acceptors (Lipinski definition) is 12. The van der Waals surface area contributed by atoms with Crippen molar-refractivity contribution in [2.45, 2.75) is 190 Å². The Bertz CT molecular complexity index is 4620. The van der Waals surface area contributed by atoms with Gasteiger partial charge in [0.15, 0.2) is 0 Å². The van der Waals surface area contributed by atoms with Crippen LogP contribution in [-0.2, 0) is 24.0 Å². The molecular formula is C102H129Cl3N12O6. The van der Waals surface area contributed by atoms with Gasteiger partial charge >= 0.3 is 0 Å². The lowest BCUT2D eigenvalue weighted by atomic mass is 9.90. The highest BCUT2D eigenvalue weighted by atomic mass is 35.5. The van der Waals surface area contributed by atoms with E-state index < -0.39 is 0 Å². The molecule has 654 valence electrons. The van der Waals surface area contributed by atoms with E-state index >= 15 is 0 Å². The second kappa shape index (κ2) is 48.4. The van der Waals surface area contributed by atoms with Crippen LogP contribution >= 0.6 is 34.8 Å². The largest absolute Gasteiger partial charge is 0.351 e. The van der Waals surface area contributed by atoms with Gasteiger partial charge < -0.3 is 56.4 Å². The summed E-state index contributed by atoms with van der Waals surface area (Å²) in [5.41, 5.74) is 7.43. The van der Waals surface area contributed by atoms with Crippen molar-refractivity contribution in [1.29, 1.82) is 0 Å². The van der Waals surface area contributed by atoms with Crippen molar-refractivity contribution in [2.75, 3.05) is 105 Å². The van der Waals surface area contributed by atoms with Crippen LogP contribution in [0.3, 0.4) is 0 Å². The van der Waals surface area contributed by atoms with Crippen LogP contribution in [-0.4, -0.2) is 218 Å². The van der Waals surface area contributed by atoms with Gasteiger partial charge in [0.2, 0.25) is 29.5 Å². The second-order valence-corrected chi connectivity index (χ2v) is 35.7. The molecule has 18 nitrogen and oxygen atoms in total. The second-order valence-electron chi connectivity index (χ2n) is 34.4. The van der Waals surface area contributed by atoms with E-state index in [9.17, 15) is 28.8 Å². The van der Waals surface area contributed by atoms with Crippen molar-refractivity contribution in [3.63, 3.8) is 0 Å². The number of nitrogens with one attached hydrogen (secondary N) is 6. The van der Waals surface area contributed by atoms with Crippen LogP contribution in [0.2, 0.25) is 15.1 Å². The molecule has 0 bridgehead atoms. The molecular weight excluding hydrogens is 1600 g/mol. The minimum absolute atomic E-state index is 0.0119. The summed E-state index contributed by atoms with van der Waals surface area (Å²) in [5, 5.41) is 24.2. The third-order valence-corrected chi connectivity index (χ3v) is 26.5. The minimum Gasteiger partial charge on any atom is -0.351 e. The van der Waals surface area contributed by atoms with Crippen LogP contribution in [0.15, 0.2) is 218 Å².